The minimum Gasteiger partial charge on any atom is -0.462 e. The predicted molar refractivity (Wildman–Crippen MR) is 102 cm³/mol. The molecule has 1 amide bonds. The molecule has 0 saturated heterocycles. The van der Waals surface area contributed by atoms with Gasteiger partial charge in [0.15, 0.2) is 0 Å². The maximum atomic E-state index is 12.5. The number of nitrogens with one attached hydrogen (secondary N) is 1. The van der Waals surface area contributed by atoms with Crippen LogP contribution in [-0.4, -0.2) is 18.5 Å². The van der Waals surface area contributed by atoms with Gasteiger partial charge in [0.1, 0.15) is 16.6 Å². The summed E-state index contributed by atoms with van der Waals surface area (Å²) < 4.78 is 5.17. The first-order valence-corrected chi connectivity index (χ1v) is 8.76. The van der Waals surface area contributed by atoms with Gasteiger partial charge in [-0.05, 0) is 31.9 Å². The highest BCUT2D eigenvalue weighted by molar-refractivity contribution is 7.20. The number of benzene rings is 1. The van der Waals surface area contributed by atoms with Crippen LogP contribution in [0.3, 0.4) is 0 Å². The smallest absolute Gasteiger partial charge is 0.341 e. The molecule has 0 unspecified atom stereocenters. The van der Waals surface area contributed by atoms with E-state index in [2.05, 4.69) is 5.32 Å². The Hall–Kier alpha value is -3.11. The highest BCUT2D eigenvalue weighted by Crippen LogP contribution is 2.40. The zero-order chi connectivity index (χ0) is 19.3. The van der Waals surface area contributed by atoms with Gasteiger partial charge in [0.2, 0.25) is 0 Å². The molecule has 0 aliphatic rings. The van der Waals surface area contributed by atoms with Crippen molar-refractivity contribution in [2.45, 2.75) is 20.8 Å². The first kappa shape index (κ1) is 19.2. The van der Waals surface area contributed by atoms with Gasteiger partial charge in [-0.3, -0.25) is 4.79 Å². The number of carbonyl (C=O) groups is 2. The maximum Gasteiger partial charge on any atom is 0.341 e. The van der Waals surface area contributed by atoms with E-state index in [1.807, 2.05) is 37.3 Å². The fourth-order valence-electron chi connectivity index (χ4n) is 2.47. The number of rotatable bonds is 6. The molecule has 0 atom stereocenters. The number of nitriles is 1. The topological polar surface area (TPSA) is 105 Å². The largest absolute Gasteiger partial charge is 0.462 e. The van der Waals surface area contributed by atoms with Crippen molar-refractivity contribution < 1.29 is 14.3 Å². The third-order valence-electron chi connectivity index (χ3n) is 3.70. The lowest BCUT2D eigenvalue weighted by Gasteiger charge is -2.09. The van der Waals surface area contributed by atoms with Gasteiger partial charge in [0.25, 0.3) is 5.91 Å². The summed E-state index contributed by atoms with van der Waals surface area (Å²) in [5, 5.41) is 12.6. The van der Waals surface area contributed by atoms with E-state index in [0.29, 0.717) is 10.6 Å². The number of carbonyl (C=O) groups excluding carboxylic acids is 2. The molecule has 1 heterocycles. The quantitative estimate of drug-likeness (QED) is 0.460. The van der Waals surface area contributed by atoms with Crippen molar-refractivity contribution in [3.05, 3.63) is 52.7 Å². The number of anilines is 1. The summed E-state index contributed by atoms with van der Waals surface area (Å²) in [4.78, 5) is 24.8. The molecule has 1 aromatic heterocycles. The Morgan fingerprint density at radius 1 is 1.31 bits per heavy atom. The van der Waals surface area contributed by atoms with Crippen LogP contribution in [0, 0.1) is 18.3 Å². The Morgan fingerprint density at radius 2 is 1.96 bits per heavy atom. The first-order valence-electron chi connectivity index (χ1n) is 7.94. The van der Waals surface area contributed by atoms with Gasteiger partial charge >= 0.3 is 5.97 Å². The number of hydrogen-bond acceptors (Lipinski definition) is 6. The highest BCUT2D eigenvalue weighted by Gasteiger charge is 2.24. The molecule has 0 aliphatic carbocycles. The normalized spacial score (nSPS) is 11.3. The van der Waals surface area contributed by atoms with Crippen molar-refractivity contribution in [1.82, 2.24) is 0 Å². The summed E-state index contributed by atoms with van der Waals surface area (Å²) in [5.74, 6) is -1.29. The van der Waals surface area contributed by atoms with Crippen LogP contribution < -0.4 is 11.1 Å². The summed E-state index contributed by atoms with van der Waals surface area (Å²) in [5.41, 5.74) is 7.44. The van der Waals surface area contributed by atoms with Crippen molar-refractivity contribution in [3.63, 3.8) is 0 Å². The second-order valence-electron chi connectivity index (χ2n) is 5.45. The van der Waals surface area contributed by atoms with Crippen LogP contribution in [-0.2, 0) is 9.53 Å². The van der Waals surface area contributed by atoms with Crippen molar-refractivity contribution in [1.29, 1.82) is 5.26 Å². The van der Waals surface area contributed by atoms with E-state index in [9.17, 15) is 9.59 Å². The van der Waals surface area contributed by atoms with Gasteiger partial charge in [-0.1, -0.05) is 30.3 Å². The molecular weight excluding hydrogens is 350 g/mol. The molecule has 134 valence electrons. The minimum atomic E-state index is -0.827. The number of ether oxygens (including phenoxy) is 1. The van der Waals surface area contributed by atoms with E-state index in [-0.39, 0.29) is 17.9 Å². The van der Waals surface area contributed by atoms with Gasteiger partial charge in [0.05, 0.1) is 12.2 Å². The Kier molecular flexibility index (Phi) is 6.15. The molecule has 0 spiro atoms. The lowest BCUT2D eigenvalue weighted by atomic mass is 10.1. The molecule has 0 aliphatic heterocycles. The summed E-state index contributed by atoms with van der Waals surface area (Å²) >= 11 is 1.35. The fraction of sp³-hybridized carbons (Fsp3) is 0.211. The number of hydrogen-bond donors (Lipinski definition) is 2. The zero-order valence-electron chi connectivity index (χ0n) is 14.8. The fourth-order valence-corrected chi connectivity index (χ4v) is 3.73. The number of esters is 1. The van der Waals surface area contributed by atoms with E-state index in [4.69, 9.17) is 15.7 Å². The van der Waals surface area contributed by atoms with Crippen LogP contribution >= 0.6 is 11.3 Å². The Labute approximate surface area is 155 Å². The molecule has 26 heavy (non-hydrogen) atoms. The zero-order valence-corrected chi connectivity index (χ0v) is 15.6. The molecule has 6 nitrogen and oxygen atoms in total. The number of primary amides is 1. The molecule has 2 aromatic rings. The average Bonchev–Trinajstić information content (AvgIpc) is 2.92. The number of thiophene rings is 1. The molecule has 7 heteroatoms. The standard InChI is InChI=1S/C19H19N3O3S/c1-4-25-19(24)15-11(2)16(13-8-6-5-7-9-13)26-18(15)22-12(3)14(10-20)17(21)23/h5-9,22H,4H2,1-3H3,(H2,21,23)/b14-12-. The second-order valence-corrected chi connectivity index (χ2v) is 6.47. The van der Waals surface area contributed by atoms with Crippen LogP contribution in [0.25, 0.3) is 10.4 Å². The van der Waals surface area contributed by atoms with Gasteiger partial charge in [-0.2, -0.15) is 5.26 Å². The first-order chi connectivity index (χ1) is 12.4. The summed E-state index contributed by atoms with van der Waals surface area (Å²) in [6, 6.07) is 11.4. The molecule has 0 radical (unpaired) electrons. The van der Waals surface area contributed by atoms with Crippen LogP contribution in [0.4, 0.5) is 5.00 Å². The SMILES string of the molecule is CCOC(=O)c1c(N/C(C)=C(/C#N)C(N)=O)sc(-c2ccccc2)c1C. The Balaban J connectivity index is 2.59. The molecular formula is C19H19N3O3S. The number of allylic oxidation sites excluding steroid dienone is 1. The minimum absolute atomic E-state index is 0.188. The molecule has 2 rings (SSSR count). The van der Waals surface area contributed by atoms with Crippen LogP contribution in [0.2, 0.25) is 0 Å². The molecule has 0 saturated carbocycles. The molecule has 0 fully saturated rings. The maximum absolute atomic E-state index is 12.5. The van der Waals surface area contributed by atoms with E-state index in [1.54, 1.807) is 19.9 Å². The van der Waals surface area contributed by atoms with E-state index in [1.165, 1.54) is 11.3 Å². The van der Waals surface area contributed by atoms with Gasteiger partial charge < -0.3 is 15.8 Å². The molecule has 0 bridgehead atoms. The lowest BCUT2D eigenvalue weighted by Crippen LogP contribution is -2.17. The van der Waals surface area contributed by atoms with Crippen LogP contribution in [0.15, 0.2) is 41.6 Å². The van der Waals surface area contributed by atoms with Crippen molar-refractivity contribution in [2.24, 2.45) is 5.73 Å². The monoisotopic (exact) mass is 369 g/mol. The van der Waals surface area contributed by atoms with Gasteiger partial charge in [-0.25, -0.2) is 4.79 Å². The molecule has 1 aromatic carbocycles. The highest BCUT2D eigenvalue weighted by atomic mass is 32.1. The average molecular weight is 369 g/mol. The number of nitrogens with zero attached hydrogens (tertiary/aromatic N) is 1. The summed E-state index contributed by atoms with van der Waals surface area (Å²) in [7, 11) is 0. The van der Waals surface area contributed by atoms with Gasteiger partial charge in [-0.15, -0.1) is 11.3 Å². The summed E-state index contributed by atoms with van der Waals surface area (Å²) in [6.45, 7) is 5.38. The van der Waals surface area contributed by atoms with Crippen molar-refractivity contribution >= 4 is 28.2 Å². The lowest BCUT2D eigenvalue weighted by molar-refractivity contribution is -0.114. The number of nitrogens with two attached hydrogens (primary N) is 1. The molecule has 3 N–H and O–H groups in total. The Morgan fingerprint density at radius 3 is 2.50 bits per heavy atom. The van der Waals surface area contributed by atoms with E-state index < -0.39 is 11.9 Å². The third-order valence-corrected chi connectivity index (χ3v) is 4.95. The second kappa shape index (κ2) is 8.32. The van der Waals surface area contributed by atoms with Crippen LogP contribution in [0.1, 0.15) is 29.8 Å². The van der Waals surface area contributed by atoms with E-state index in [0.717, 1.165) is 16.0 Å². The summed E-state index contributed by atoms with van der Waals surface area (Å²) in [6.07, 6.45) is 0. The Bertz CT molecular complexity index is 908. The van der Waals surface area contributed by atoms with Crippen molar-refractivity contribution in [2.75, 3.05) is 11.9 Å². The van der Waals surface area contributed by atoms with Crippen LogP contribution in [0.5, 0.6) is 0 Å². The third kappa shape index (κ3) is 3.92. The van der Waals surface area contributed by atoms with Gasteiger partial charge in [0, 0.05) is 10.6 Å². The van der Waals surface area contributed by atoms with Crippen molar-refractivity contribution in [3.8, 4) is 16.5 Å². The van der Waals surface area contributed by atoms with E-state index >= 15 is 0 Å². The predicted octanol–water partition coefficient (Wildman–Crippen LogP) is 3.60. The number of amides is 1.